The van der Waals surface area contributed by atoms with Crippen molar-refractivity contribution < 1.29 is 13.5 Å². The van der Waals surface area contributed by atoms with Gasteiger partial charge in [0.2, 0.25) is 0 Å². The molecular formula is C13H25F2NO. The molecular weight excluding hydrogens is 224 g/mol. The topological polar surface area (TPSA) is 21.3 Å². The van der Waals surface area contributed by atoms with Crippen molar-refractivity contribution in [1.29, 1.82) is 0 Å². The van der Waals surface area contributed by atoms with Crippen LogP contribution in [0.15, 0.2) is 0 Å². The predicted molar refractivity (Wildman–Crippen MR) is 65.5 cm³/mol. The normalized spacial score (nSPS) is 20.8. The van der Waals surface area contributed by atoms with Gasteiger partial charge in [-0.3, -0.25) is 0 Å². The minimum atomic E-state index is -2.37. The van der Waals surface area contributed by atoms with Gasteiger partial charge in [0.25, 0.3) is 6.43 Å². The van der Waals surface area contributed by atoms with Crippen LogP contribution in [0.5, 0.6) is 0 Å². The largest absolute Gasteiger partial charge is 0.368 e. The molecule has 0 aliphatic heterocycles. The van der Waals surface area contributed by atoms with Crippen molar-refractivity contribution >= 4 is 0 Å². The first-order valence-corrected chi connectivity index (χ1v) is 6.50. The van der Waals surface area contributed by atoms with Gasteiger partial charge in [-0.1, -0.05) is 19.3 Å². The molecule has 1 aliphatic rings. The summed E-state index contributed by atoms with van der Waals surface area (Å²) in [4.78, 5) is 0. The van der Waals surface area contributed by atoms with E-state index in [0.717, 1.165) is 25.7 Å². The molecule has 1 N–H and O–H groups in total. The van der Waals surface area contributed by atoms with Gasteiger partial charge in [0.05, 0.1) is 5.60 Å². The highest BCUT2D eigenvalue weighted by atomic mass is 19.3. The van der Waals surface area contributed by atoms with Crippen LogP contribution in [-0.4, -0.2) is 30.7 Å². The maximum atomic E-state index is 12.3. The van der Waals surface area contributed by atoms with Gasteiger partial charge in [-0.05, 0) is 33.6 Å². The second kappa shape index (κ2) is 6.10. The fraction of sp³-hybridized carbons (Fsp3) is 1.00. The van der Waals surface area contributed by atoms with E-state index in [4.69, 9.17) is 4.74 Å². The van der Waals surface area contributed by atoms with Crippen molar-refractivity contribution in [3.8, 4) is 0 Å². The average Bonchev–Trinajstić information content (AvgIpc) is 2.25. The van der Waals surface area contributed by atoms with E-state index in [2.05, 4.69) is 26.1 Å². The number of nitrogens with one attached hydrogen (secondary N) is 1. The van der Waals surface area contributed by atoms with Crippen LogP contribution in [0, 0.1) is 0 Å². The average molecular weight is 249 g/mol. The van der Waals surface area contributed by atoms with E-state index in [9.17, 15) is 8.78 Å². The van der Waals surface area contributed by atoms with Gasteiger partial charge in [0.15, 0.2) is 0 Å². The maximum Gasteiger partial charge on any atom is 0.261 e. The molecule has 1 fully saturated rings. The van der Waals surface area contributed by atoms with Crippen LogP contribution in [0.1, 0.15) is 52.9 Å². The van der Waals surface area contributed by atoms with Gasteiger partial charge in [0, 0.05) is 12.1 Å². The summed E-state index contributed by atoms with van der Waals surface area (Å²) in [5, 5.41) is 3.39. The summed E-state index contributed by atoms with van der Waals surface area (Å²) >= 11 is 0. The lowest BCUT2D eigenvalue weighted by atomic mass is 9.84. The molecule has 0 heterocycles. The number of hydrogen-bond acceptors (Lipinski definition) is 2. The Bertz CT molecular complexity index is 220. The zero-order chi connectivity index (χ0) is 12.9. The van der Waals surface area contributed by atoms with Crippen LogP contribution in [0.4, 0.5) is 8.78 Å². The summed E-state index contributed by atoms with van der Waals surface area (Å²) in [7, 11) is 0. The molecule has 0 aromatic heterocycles. The molecule has 0 bridgehead atoms. The van der Waals surface area contributed by atoms with Crippen molar-refractivity contribution in [2.75, 3.05) is 13.2 Å². The third-order valence-electron chi connectivity index (χ3n) is 3.22. The van der Waals surface area contributed by atoms with Gasteiger partial charge in [-0.2, -0.15) is 0 Å². The van der Waals surface area contributed by atoms with Gasteiger partial charge in [0.1, 0.15) is 6.61 Å². The third-order valence-corrected chi connectivity index (χ3v) is 3.22. The van der Waals surface area contributed by atoms with Crippen molar-refractivity contribution in [2.24, 2.45) is 0 Å². The van der Waals surface area contributed by atoms with Crippen molar-refractivity contribution in [2.45, 2.75) is 70.4 Å². The van der Waals surface area contributed by atoms with E-state index in [0.29, 0.717) is 6.54 Å². The fourth-order valence-corrected chi connectivity index (χ4v) is 2.23. The maximum absolute atomic E-state index is 12.3. The number of rotatable bonds is 5. The minimum absolute atomic E-state index is 0.00135. The monoisotopic (exact) mass is 249 g/mol. The molecule has 0 aromatic carbocycles. The molecule has 17 heavy (non-hydrogen) atoms. The van der Waals surface area contributed by atoms with Crippen LogP contribution in [0.3, 0.4) is 0 Å². The third kappa shape index (κ3) is 5.77. The summed E-state index contributed by atoms with van der Waals surface area (Å²) in [6.07, 6.45) is 2.76. The molecule has 2 nitrogen and oxygen atoms in total. The number of ether oxygens (including phenoxy) is 1. The summed E-state index contributed by atoms with van der Waals surface area (Å²) in [5.41, 5.74) is -0.374. The highest BCUT2D eigenvalue weighted by molar-refractivity contribution is 4.89. The zero-order valence-corrected chi connectivity index (χ0v) is 11.2. The number of halogens is 2. The summed E-state index contributed by atoms with van der Waals surface area (Å²) in [6.45, 7) is 6.47. The summed E-state index contributed by atoms with van der Waals surface area (Å²) in [5.74, 6) is 0. The van der Waals surface area contributed by atoms with Crippen molar-refractivity contribution in [1.82, 2.24) is 5.32 Å². The first-order valence-electron chi connectivity index (χ1n) is 6.50. The van der Waals surface area contributed by atoms with E-state index < -0.39 is 13.0 Å². The van der Waals surface area contributed by atoms with Crippen LogP contribution >= 0.6 is 0 Å². The molecule has 1 rings (SSSR count). The molecule has 4 heteroatoms. The Kier molecular flexibility index (Phi) is 5.32. The Morgan fingerprint density at radius 3 is 2.24 bits per heavy atom. The predicted octanol–water partition coefficient (Wildman–Crippen LogP) is 3.36. The first-order chi connectivity index (χ1) is 7.83. The Morgan fingerprint density at radius 2 is 1.76 bits per heavy atom. The molecule has 1 saturated carbocycles. The summed E-state index contributed by atoms with van der Waals surface area (Å²) < 4.78 is 30.1. The second-order valence-electron chi connectivity index (χ2n) is 6.05. The molecule has 0 saturated heterocycles. The van der Waals surface area contributed by atoms with Crippen LogP contribution in [-0.2, 0) is 4.74 Å². The fourth-order valence-electron chi connectivity index (χ4n) is 2.23. The lowest BCUT2D eigenvalue weighted by Crippen LogP contribution is -2.50. The van der Waals surface area contributed by atoms with E-state index in [1.807, 2.05) is 0 Å². The molecule has 0 amide bonds. The molecule has 0 aromatic rings. The molecule has 0 unspecified atom stereocenters. The Hall–Kier alpha value is -0.220. The van der Waals surface area contributed by atoms with Crippen molar-refractivity contribution in [3.63, 3.8) is 0 Å². The van der Waals surface area contributed by atoms with E-state index in [-0.39, 0.29) is 11.1 Å². The second-order valence-corrected chi connectivity index (χ2v) is 6.05. The molecule has 0 spiro atoms. The Balaban J connectivity index is 2.52. The standard InChI is InChI=1S/C13H25F2NO/c1-12(2,3)16-10-13(17-9-11(14)15)7-5-4-6-8-13/h11,16H,4-10H2,1-3H3. The zero-order valence-electron chi connectivity index (χ0n) is 11.2. The Morgan fingerprint density at radius 1 is 1.18 bits per heavy atom. The van der Waals surface area contributed by atoms with Crippen LogP contribution in [0.2, 0.25) is 0 Å². The van der Waals surface area contributed by atoms with E-state index in [1.165, 1.54) is 6.42 Å². The molecule has 0 radical (unpaired) electrons. The smallest absolute Gasteiger partial charge is 0.261 e. The van der Waals surface area contributed by atoms with Crippen LogP contribution in [0.25, 0.3) is 0 Å². The lowest BCUT2D eigenvalue weighted by Gasteiger charge is -2.39. The highest BCUT2D eigenvalue weighted by Crippen LogP contribution is 2.32. The summed E-state index contributed by atoms with van der Waals surface area (Å²) in [6, 6.07) is 0. The lowest BCUT2D eigenvalue weighted by molar-refractivity contribution is -0.107. The number of hydrogen-bond donors (Lipinski definition) is 1. The Labute approximate surface area is 103 Å². The first kappa shape index (κ1) is 14.8. The molecule has 0 atom stereocenters. The highest BCUT2D eigenvalue weighted by Gasteiger charge is 2.34. The van der Waals surface area contributed by atoms with Gasteiger partial charge in [-0.15, -0.1) is 0 Å². The van der Waals surface area contributed by atoms with Gasteiger partial charge in [-0.25, -0.2) is 8.78 Å². The SMILES string of the molecule is CC(C)(C)NCC1(OCC(F)F)CCCCC1. The molecule has 1 aliphatic carbocycles. The van der Waals surface area contributed by atoms with Crippen molar-refractivity contribution in [3.05, 3.63) is 0 Å². The molecule has 102 valence electrons. The van der Waals surface area contributed by atoms with E-state index in [1.54, 1.807) is 0 Å². The minimum Gasteiger partial charge on any atom is -0.368 e. The van der Waals surface area contributed by atoms with Gasteiger partial charge >= 0.3 is 0 Å². The van der Waals surface area contributed by atoms with Crippen LogP contribution < -0.4 is 5.32 Å². The van der Waals surface area contributed by atoms with Gasteiger partial charge < -0.3 is 10.1 Å². The number of alkyl halides is 2. The quantitative estimate of drug-likeness (QED) is 0.806. The van der Waals surface area contributed by atoms with E-state index >= 15 is 0 Å².